The first-order valence-corrected chi connectivity index (χ1v) is 8.10. The van der Waals surface area contributed by atoms with E-state index in [4.69, 9.17) is 9.84 Å². The molecule has 0 spiro atoms. The van der Waals surface area contributed by atoms with Crippen LogP contribution in [0.5, 0.6) is 0 Å². The smallest absolute Gasteiger partial charge is 0.242 e. The van der Waals surface area contributed by atoms with Gasteiger partial charge >= 0.3 is 0 Å². The zero-order chi connectivity index (χ0) is 15.3. The van der Waals surface area contributed by atoms with Gasteiger partial charge < -0.3 is 9.84 Å². The van der Waals surface area contributed by atoms with Crippen molar-refractivity contribution in [3.63, 3.8) is 0 Å². The lowest BCUT2D eigenvalue weighted by Crippen LogP contribution is -2.49. The molecular formula is C14H18N2O4S. The molecule has 0 aliphatic carbocycles. The standard InChI is InChI=1S/C14H18N2O4S/c1-14(4-7-20-8-5-14)16-21(18,19)13-9-12(3-2-6-17)10-15-11-13/h9-11,16-17H,4-8H2,1H3. The van der Waals surface area contributed by atoms with Gasteiger partial charge in [-0.05, 0) is 25.8 Å². The van der Waals surface area contributed by atoms with Gasteiger partial charge in [0.25, 0.3) is 0 Å². The van der Waals surface area contributed by atoms with Crippen molar-refractivity contribution in [2.75, 3.05) is 19.8 Å². The number of ether oxygens (including phenoxy) is 1. The van der Waals surface area contributed by atoms with Crippen molar-refractivity contribution in [2.45, 2.75) is 30.2 Å². The average molecular weight is 310 g/mol. The van der Waals surface area contributed by atoms with Gasteiger partial charge in [0.15, 0.2) is 0 Å². The minimum Gasteiger partial charge on any atom is -0.384 e. The Kier molecular flexibility index (Phi) is 4.96. The van der Waals surface area contributed by atoms with Crippen LogP contribution in [0.15, 0.2) is 23.4 Å². The van der Waals surface area contributed by atoms with Gasteiger partial charge in [-0.25, -0.2) is 13.1 Å². The van der Waals surface area contributed by atoms with Crippen molar-refractivity contribution in [2.24, 2.45) is 0 Å². The Morgan fingerprint density at radius 2 is 2.14 bits per heavy atom. The molecule has 0 radical (unpaired) electrons. The van der Waals surface area contributed by atoms with Crippen LogP contribution < -0.4 is 4.72 Å². The Labute approximate surface area is 124 Å². The van der Waals surface area contributed by atoms with Crippen LogP contribution in [0.25, 0.3) is 0 Å². The molecule has 0 aromatic carbocycles. The Bertz CT molecular complexity index is 655. The molecule has 2 N–H and O–H groups in total. The molecule has 2 heterocycles. The van der Waals surface area contributed by atoms with Gasteiger partial charge in [0.2, 0.25) is 10.0 Å². The number of hydrogen-bond acceptors (Lipinski definition) is 5. The fourth-order valence-corrected chi connectivity index (χ4v) is 3.54. The highest BCUT2D eigenvalue weighted by atomic mass is 32.2. The normalized spacial score (nSPS) is 17.8. The molecule has 0 bridgehead atoms. The maximum absolute atomic E-state index is 12.4. The Morgan fingerprint density at radius 1 is 1.43 bits per heavy atom. The van der Waals surface area contributed by atoms with E-state index in [-0.39, 0.29) is 11.5 Å². The van der Waals surface area contributed by atoms with Crippen LogP contribution in [0.2, 0.25) is 0 Å². The van der Waals surface area contributed by atoms with Gasteiger partial charge in [-0.2, -0.15) is 0 Å². The van der Waals surface area contributed by atoms with E-state index < -0.39 is 15.6 Å². The molecule has 21 heavy (non-hydrogen) atoms. The van der Waals surface area contributed by atoms with Gasteiger partial charge in [-0.1, -0.05) is 11.8 Å². The Hall–Kier alpha value is -1.46. The van der Waals surface area contributed by atoms with Crippen LogP contribution in [0.4, 0.5) is 0 Å². The zero-order valence-corrected chi connectivity index (χ0v) is 12.6. The summed E-state index contributed by atoms with van der Waals surface area (Å²) in [5.41, 5.74) is -0.0619. The molecule has 1 saturated heterocycles. The molecule has 6 nitrogen and oxygen atoms in total. The zero-order valence-electron chi connectivity index (χ0n) is 11.8. The number of hydrogen-bond donors (Lipinski definition) is 2. The summed E-state index contributed by atoms with van der Waals surface area (Å²) in [7, 11) is -3.66. The highest BCUT2D eigenvalue weighted by Gasteiger charge is 2.32. The molecule has 2 rings (SSSR count). The Balaban J connectivity index is 2.23. The van der Waals surface area contributed by atoms with E-state index in [2.05, 4.69) is 21.5 Å². The summed E-state index contributed by atoms with van der Waals surface area (Å²) in [6.45, 7) is 2.67. The predicted octanol–water partition coefficient (Wildman–Crippen LogP) is 0.273. The van der Waals surface area contributed by atoms with Gasteiger partial charge in [0.05, 0.1) is 0 Å². The van der Waals surface area contributed by atoms with Gasteiger partial charge in [0.1, 0.15) is 11.5 Å². The SMILES string of the molecule is CC1(NS(=O)(=O)c2cncc(C#CCO)c2)CCOCC1. The average Bonchev–Trinajstić information content (AvgIpc) is 2.45. The van der Waals surface area contributed by atoms with E-state index in [9.17, 15) is 8.42 Å². The molecule has 1 aromatic rings. The van der Waals surface area contributed by atoms with E-state index >= 15 is 0 Å². The third kappa shape index (κ3) is 4.25. The topological polar surface area (TPSA) is 88.5 Å². The summed E-state index contributed by atoms with van der Waals surface area (Å²) in [6.07, 6.45) is 4.00. The van der Waals surface area contributed by atoms with E-state index in [0.29, 0.717) is 31.6 Å². The molecule has 0 unspecified atom stereocenters. The lowest BCUT2D eigenvalue weighted by atomic mass is 9.94. The number of aliphatic hydroxyl groups is 1. The second-order valence-corrected chi connectivity index (χ2v) is 6.83. The van der Waals surface area contributed by atoms with E-state index in [1.165, 1.54) is 18.5 Å². The van der Waals surface area contributed by atoms with Crippen molar-refractivity contribution in [1.29, 1.82) is 0 Å². The highest BCUT2D eigenvalue weighted by Crippen LogP contribution is 2.23. The van der Waals surface area contributed by atoms with Gasteiger partial charge in [-0.15, -0.1) is 0 Å². The lowest BCUT2D eigenvalue weighted by molar-refractivity contribution is 0.0537. The molecule has 1 aromatic heterocycles. The summed E-state index contributed by atoms with van der Waals surface area (Å²) in [4.78, 5) is 3.96. The summed E-state index contributed by atoms with van der Waals surface area (Å²) in [6, 6.07) is 1.45. The van der Waals surface area contributed by atoms with E-state index in [1.807, 2.05) is 6.92 Å². The maximum Gasteiger partial charge on any atom is 0.242 e. The first-order valence-electron chi connectivity index (χ1n) is 6.62. The minimum atomic E-state index is -3.66. The largest absolute Gasteiger partial charge is 0.384 e. The number of nitrogens with zero attached hydrogens (tertiary/aromatic N) is 1. The van der Waals surface area contributed by atoms with Crippen LogP contribution in [0.3, 0.4) is 0 Å². The second kappa shape index (κ2) is 6.54. The van der Waals surface area contributed by atoms with E-state index in [1.54, 1.807) is 0 Å². The molecular weight excluding hydrogens is 292 g/mol. The van der Waals surface area contributed by atoms with Gasteiger partial charge in [0, 0.05) is 36.7 Å². The highest BCUT2D eigenvalue weighted by molar-refractivity contribution is 7.89. The predicted molar refractivity (Wildman–Crippen MR) is 77.0 cm³/mol. The van der Waals surface area contributed by atoms with Crippen LogP contribution in [0.1, 0.15) is 25.3 Å². The second-order valence-electron chi connectivity index (χ2n) is 5.15. The molecule has 1 fully saturated rings. The van der Waals surface area contributed by atoms with Crippen molar-refractivity contribution in [1.82, 2.24) is 9.71 Å². The number of pyridine rings is 1. The Morgan fingerprint density at radius 3 is 2.81 bits per heavy atom. The third-order valence-electron chi connectivity index (χ3n) is 3.31. The first kappa shape index (κ1) is 15.9. The number of rotatable bonds is 3. The third-order valence-corrected chi connectivity index (χ3v) is 4.92. The number of aromatic nitrogens is 1. The quantitative estimate of drug-likeness (QED) is 0.783. The van der Waals surface area contributed by atoms with Crippen molar-refractivity contribution < 1.29 is 18.3 Å². The molecule has 1 aliphatic rings. The fourth-order valence-electron chi connectivity index (χ4n) is 2.08. The summed E-state index contributed by atoms with van der Waals surface area (Å²) in [5, 5.41) is 8.67. The number of sulfonamides is 1. The summed E-state index contributed by atoms with van der Waals surface area (Å²) < 4.78 is 32.9. The molecule has 0 saturated carbocycles. The lowest BCUT2D eigenvalue weighted by Gasteiger charge is -2.33. The van der Waals surface area contributed by atoms with Crippen molar-refractivity contribution in [3.8, 4) is 11.8 Å². The maximum atomic E-state index is 12.4. The molecule has 7 heteroatoms. The number of aliphatic hydroxyl groups excluding tert-OH is 1. The van der Waals surface area contributed by atoms with Crippen LogP contribution >= 0.6 is 0 Å². The van der Waals surface area contributed by atoms with Crippen LogP contribution in [-0.2, 0) is 14.8 Å². The summed E-state index contributed by atoms with van der Waals surface area (Å²) >= 11 is 0. The molecule has 1 aliphatic heterocycles. The monoisotopic (exact) mass is 310 g/mol. The van der Waals surface area contributed by atoms with Crippen molar-refractivity contribution >= 4 is 10.0 Å². The van der Waals surface area contributed by atoms with Crippen molar-refractivity contribution in [3.05, 3.63) is 24.0 Å². The fraction of sp³-hybridized carbons (Fsp3) is 0.500. The molecule has 114 valence electrons. The number of nitrogens with one attached hydrogen (secondary N) is 1. The van der Waals surface area contributed by atoms with Crippen LogP contribution in [-0.4, -0.2) is 43.9 Å². The van der Waals surface area contributed by atoms with E-state index in [0.717, 1.165) is 0 Å². The van der Waals surface area contributed by atoms with Crippen LogP contribution in [0, 0.1) is 11.8 Å². The minimum absolute atomic E-state index is 0.0694. The van der Waals surface area contributed by atoms with Gasteiger partial charge in [-0.3, -0.25) is 4.98 Å². The summed E-state index contributed by atoms with van der Waals surface area (Å²) in [5.74, 6) is 5.11. The first-order chi connectivity index (χ1) is 9.95. The molecule has 0 amide bonds. The molecule has 0 atom stereocenters.